The number of hydrogen-bond acceptors (Lipinski definition) is 7. The monoisotopic (exact) mass is 549 g/mol. The highest BCUT2D eigenvalue weighted by Crippen LogP contribution is 2.39. The summed E-state index contributed by atoms with van der Waals surface area (Å²) in [6.45, 7) is 2.02. The molecule has 0 unspecified atom stereocenters. The summed E-state index contributed by atoms with van der Waals surface area (Å²) in [5, 5.41) is 5.82. The van der Waals surface area contributed by atoms with E-state index in [1.165, 1.54) is 41.7 Å². The molecule has 0 bridgehead atoms. The molecule has 0 aliphatic rings. The van der Waals surface area contributed by atoms with Crippen LogP contribution in [0.25, 0.3) is 20.9 Å². The number of nitrogens with zero attached hydrogens (tertiary/aromatic N) is 3. The number of ether oxygens (including phenoxy) is 2. The van der Waals surface area contributed by atoms with Crippen LogP contribution in [0, 0.1) is 11.6 Å². The zero-order valence-electron chi connectivity index (χ0n) is 21.2. The van der Waals surface area contributed by atoms with Crippen molar-refractivity contribution >= 4 is 33.1 Å². The lowest BCUT2D eigenvalue weighted by Crippen LogP contribution is -2.20. The second kappa shape index (κ2) is 11.7. The van der Waals surface area contributed by atoms with E-state index in [2.05, 4.69) is 20.6 Å². The molecule has 0 spiro atoms. The third-order valence-electron chi connectivity index (χ3n) is 6.00. The van der Waals surface area contributed by atoms with Gasteiger partial charge in [-0.1, -0.05) is 12.1 Å². The highest BCUT2D eigenvalue weighted by molar-refractivity contribution is 7.22. The quantitative estimate of drug-likeness (QED) is 0.216. The van der Waals surface area contributed by atoms with Crippen molar-refractivity contribution in [2.75, 3.05) is 25.6 Å². The molecule has 2 N–H and O–H groups in total. The van der Waals surface area contributed by atoms with Gasteiger partial charge in [0.1, 0.15) is 17.4 Å². The van der Waals surface area contributed by atoms with Gasteiger partial charge in [-0.05, 0) is 30.3 Å². The van der Waals surface area contributed by atoms with Crippen molar-refractivity contribution in [3.8, 4) is 22.2 Å². The molecule has 11 heteroatoms. The van der Waals surface area contributed by atoms with E-state index in [4.69, 9.17) is 9.47 Å². The van der Waals surface area contributed by atoms with Gasteiger partial charge in [-0.25, -0.2) is 13.8 Å². The first-order valence-electron chi connectivity index (χ1n) is 12.1. The second-order valence-corrected chi connectivity index (χ2v) is 9.67. The fraction of sp³-hybridized carbons (Fsp3) is 0.179. The highest BCUT2D eigenvalue weighted by Gasteiger charge is 2.17. The number of carbonyl (C=O) groups excluding carboxylic acids is 1. The van der Waals surface area contributed by atoms with Crippen LogP contribution < -0.4 is 15.4 Å². The summed E-state index contributed by atoms with van der Waals surface area (Å²) in [7, 11) is 3.61. The predicted molar refractivity (Wildman–Crippen MR) is 146 cm³/mol. The molecule has 0 radical (unpaired) electrons. The number of anilines is 1. The number of amides is 1. The maximum Gasteiger partial charge on any atom is 0.258 e. The maximum absolute atomic E-state index is 15.0. The van der Waals surface area contributed by atoms with Crippen LogP contribution in [0.2, 0.25) is 0 Å². The molecule has 0 saturated carbocycles. The fourth-order valence-corrected chi connectivity index (χ4v) is 5.06. The van der Waals surface area contributed by atoms with Crippen molar-refractivity contribution in [3.05, 3.63) is 89.9 Å². The Kier molecular flexibility index (Phi) is 7.92. The van der Waals surface area contributed by atoms with Gasteiger partial charge in [-0.2, -0.15) is 0 Å². The SMILES string of the molecule is COCCNCc1cnc(-c2cc3nccc(Oc4ccc(NC(=O)c5ccccc5F)cc4F)c3s2)n1C. The van der Waals surface area contributed by atoms with E-state index in [1.807, 2.05) is 23.9 Å². The summed E-state index contributed by atoms with van der Waals surface area (Å²) in [5.74, 6) is -0.817. The van der Waals surface area contributed by atoms with E-state index >= 15 is 0 Å². The first-order chi connectivity index (χ1) is 18.9. The summed E-state index contributed by atoms with van der Waals surface area (Å²) < 4.78 is 42.6. The number of halogens is 2. The van der Waals surface area contributed by atoms with Gasteiger partial charge in [0.2, 0.25) is 0 Å². The first kappa shape index (κ1) is 26.4. The average Bonchev–Trinajstić information content (AvgIpc) is 3.52. The van der Waals surface area contributed by atoms with E-state index in [-0.39, 0.29) is 17.0 Å². The molecule has 8 nitrogen and oxygen atoms in total. The van der Waals surface area contributed by atoms with Gasteiger partial charge >= 0.3 is 0 Å². The Morgan fingerprint density at radius 1 is 1.05 bits per heavy atom. The number of nitrogens with one attached hydrogen (secondary N) is 2. The molecular weight excluding hydrogens is 524 g/mol. The molecular formula is C28H25F2N5O3S. The van der Waals surface area contributed by atoms with Gasteiger partial charge in [0.05, 0.1) is 39.2 Å². The van der Waals surface area contributed by atoms with Crippen LogP contribution in [0.4, 0.5) is 14.5 Å². The first-order valence-corrected chi connectivity index (χ1v) is 12.9. The molecule has 0 fully saturated rings. The largest absolute Gasteiger partial charge is 0.453 e. The third-order valence-corrected chi connectivity index (χ3v) is 7.13. The smallest absolute Gasteiger partial charge is 0.258 e. The van der Waals surface area contributed by atoms with Crippen molar-refractivity contribution < 1.29 is 23.0 Å². The van der Waals surface area contributed by atoms with E-state index in [9.17, 15) is 13.6 Å². The summed E-state index contributed by atoms with van der Waals surface area (Å²) in [4.78, 5) is 22.3. The van der Waals surface area contributed by atoms with E-state index in [0.29, 0.717) is 24.4 Å². The van der Waals surface area contributed by atoms with Crippen molar-refractivity contribution in [2.45, 2.75) is 6.54 Å². The molecule has 2 aromatic carbocycles. The van der Waals surface area contributed by atoms with Gasteiger partial charge in [0.25, 0.3) is 5.91 Å². The lowest BCUT2D eigenvalue weighted by Gasteiger charge is -2.10. The molecule has 39 heavy (non-hydrogen) atoms. The molecule has 0 aliphatic carbocycles. The number of pyridine rings is 1. The number of imidazole rings is 1. The topological polar surface area (TPSA) is 90.3 Å². The Balaban J connectivity index is 1.34. The molecule has 5 aromatic rings. The van der Waals surface area contributed by atoms with Crippen LogP contribution in [0.5, 0.6) is 11.5 Å². The van der Waals surface area contributed by atoms with Crippen molar-refractivity contribution in [3.63, 3.8) is 0 Å². The van der Waals surface area contributed by atoms with Gasteiger partial charge < -0.3 is 24.7 Å². The molecule has 5 rings (SSSR count). The Hall–Kier alpha value is -4.19. The minimum atomic E-state index is -0.683. The maximum atomic E-state index is 15.0. The van der Waals surface area contributed by atoms with E-state index in [1.54, 1.807) is 25.4 Å². The zero-order chi connectivity index (χ0) is 27.4. The van der Waals surface area contributed by atoms with Gasteiger partial charge in [-0.3, -0.25) is 9.78 Å². The number of thiophene rings is 1. The summed E-state index contributed by atoms with van der Waals surface area (Å²) in [6, 6.07) is 13.2. The Labute approximate surface area is 227 Å². The van der Waals surface area contributed by atoms with Crippen LogP contribution in [0.1, 0.15) is 16.1 Å². The molecule has 3 heterocycles. The van der Waals surface area contributed by atoms with E-state index < -0.39 is 17.5 Å². The number of benzene rings is 2. The molecule has 0 atom stereocenters. The highest BCUT2D eigenvalue weighted by atomic mass is 32.1. The minimum Gasteiger partial charge on any atom is -0.453 e. The van der Waals surface area contributed by atoms with Crippen molar-refractivity contribution in [1.82, 2.24) is 19.9 Å². The molecule has 1 amide bonds. The van der Waals surface area contributed by atoms with Crippen LogP contribution in [-0.2, 0) is 18.3 Å². The van der Waals surface area contributed by atoms with Crippen molar-refractivity contribution in [2.24, 2.45) is 7.05 Å². The minimum absolute atomic E-state index is 0.0252. The zero-order valence-corrected chi connectivity index (χ0v) is 22.0. The molecule has 3 aromatic heterocycles. The van der Waals surface area contributed by atoms with Crippen LogP contribution in [-0.4, -0.2) is 40.7 Å². The summed E-state index contributed by atoms with van der Waals surface area (Å²) in [5.41, 5.74) is 1.76. The average molecular weight is 550 g/mol. The third kappa shape index (κ3) is 5.80. The second-order valence-electron chi connectivity index (χ2n) is 8.62. The molecule has 200 valence electrons. The lowest BCUT2D eigenvalue weighted by molar-refractivity contribution is 0.102. The van der Waals surface area contributed by atoms with Crippen molar-refractivity contribution in [1.29, 1.82) is 0 Å². The molecule has 0 aliphatic heterocycles. The Morgan fingerprint density at radius 3 is 2.69 bits per heavy atom. The number of methoxy groups -OCH3 is 1. The Bertz CT molecular complexity index is 1640. The van der Waals surface area contributed by atoms with Crippen LogP contribution >= 0.6 is 11.3 Å². The standard InChI is InChI=1S/C28H25F2N5O3S/c1-35-18(15-31-11-12-37-2)16-33-27(35)25-14-22-26(39-25)24(9-10-32-22)38-23-8-7-17(13-21(23)30)34-28(36)19-5-3-4-6-20(19)29/h3-10,13-14,16,31H,11-12,15H2,1-2H3,(H,34,36). The van der Waals surface area contributed by atoms with Crippen LogP contribution in [0.15, 0.2) is 67.0 Å². The normalized spacial score (nSPS) is 11.2. The number of fused-ring (bicyclic) bond motifs is 1. The fourth-order valence-electron chi connectivity index (χ4n) is 3.96. The van der Waals surface area contributed by atoms with Crippen LogP contribution in [0.3, 0.4) is 0 Å². The Morgan fingerprint density at radius 2 is 1.90 bits per heavy atom. The number of rotatable bonds is 10. The van der Waals surface area contributed by atoms with Gasteiger partial charge in [-0.15, -0.1) is 11.3 Å². The van der Waals surface area contributed by atoms with Gasteiger partial charge in [0.15, 0.2) is 11.6 Å². The number of aromatic nitrogens is 3. The predicted octanol–water partition coefficient (Wildman–Crippen LogP) is 5.76. The number of hydrogen-bond donors (Lipinski definition) is 2. The summed E-state index contributed by atoms with van der Waals surface area (Å²) in [6.07, 6.45) is 3.42. The lowest BCUT2D eigenvalue weighted by atomic mass is 10.2. The molecule has 0 saturated heterocycles. The van der Waals surface area contributed by atoms with Gasteiger partial charge in [0, 0.05) is 51.3 Å². The van der Waals surface area contributed by atoms with E-state index in [0.717, 1.165) is 33.7 Å². The summed E-state index contributed by atoms with van der Waals surface area (Å²) >= 11 is 1.45. The number of carbonyl (C=O) groups is 1.